The molecule has 0 bridgehead atoms. The van der Waals surface area contributed by atoms with Crippen LogP contribution in [-0.4, -0.2) is 89.9 Å². The van der Waals surface area contributed by atoms with Crippen molar-refractivity contribution in [3.05, 3.63) is 65.7 Å². The second-order valence-corrected chi connectivity index (χ2v) is 15.0. The number of aliphatic hydroxyl groups is 2. The van der Waals surface area contributed by atoms with Gasteiger partial charge in [0.1, 0.15) is 0 Å². The number of anilines is 1. The van der Waals surface area contributed by atoms with Crippen molar-refractivity contribution in [1.29, 1.82) is 0 Å². The van der Waals surface area contributed by atoms with E-state index in [1.54, 1.807) is 0 Å². The van der Waals surface area contributed by atoms with E-state index in [2.05, 4.69) is 83.3 Å². The molecule has 1 saturated carbocycles. The molecule has 0 aromatic heterocycles. The number of rotatable bonds is 14. The fourth-order valence-corrected chi connectivity index (χ4v) is 7.89. The molecule has 2 aromatic rings. The molecule has 8 nitrogen and oxygen atoms in total. The quantitative estimate of drug-likeness (QED) is 0.172. The molecule has 3 aliphatic rings. The number of aliphatic hydroxyl groups excluding tert-OH is 2. The maximum atomic E-state index is 11.9. The minimum Gasteiger partial charge on any atom is -0.391 e. The summed E-state index contributed by atoms with van der Waals surface area (Å²) >= 11 is 0. The molecular formula is C37H60N6O2. The Morgan fingerprint density at radius 1 is 1.00 bits per heavy atom. The molecule has 250 valence electrons. The molecule has 1 aliphatic carbocycles. The molecule has 8 heteroatoms. The molecule has 0 spiro atoms. The van der Waals surface area contributed by atoms with E-state index in [9.17, 15) is 10.2 Å². The average molecular weight is 621 g/mol. The summed E-state index contributed by atoms with van der Waals surface area (Å²) in [6, 6.07) is 18.7. The van der Waals surface area contributed by atoms with Gasteiger partial charge in [-0.05, 0) is 82.0 Å². The number of fused-ring (bicyclic) bond motifs is 2. The van der Waals surface area contributed by atoms with Crippen LogP contribution in [-0.2, 0) is 12.8 Å². The number of nitrogens with zero attached hydrogens (tertiary/aromatic N) is 1. The van der Waals surface area contributed by atoms with E-state index >= 15 is 0 Å². The summed E-state index contributed by atoms with van der Waals surface area (Å²) < 4.78 is 0. The van der Waals surface area contributed by atoms with Crippen LogP contribution in [0.2, 0.25) is 0 Å². The number of nitrogens with one attached hydrogen (secondary N) is 4. The highest BCUT2D eigenvalue weighted by Gasteiger charge is 2.39. The van der Waals surface area contributed by atoms with Crippen molar-refractivity contribution in [3.63, 3.8) is 0 Å². The number of para-hydroxylation sites is 1. The SMILES string of the molecule is CC(C)(C)NC1CC2CCCCC2CN1CC(O)C(Cc1ccccc1)NCC(CCN)NCC1Nc2ccccc2CC1O. The Kier molecular flexibility index (Phi) is 12.3. The van der Waals surface area contributed by atoms with Crippen LogP contribution in [0.3, 0.4) is 0 Å². The molecule has 1 saturated heterocycles. The van der Waals surface area contributed by atoms with Crippen molar-refractivity contribution in [2.45, 2.75) is 114 Å². The first-order chi connectivity index (χ1) is 21.7. The van der Waals surface area contributed by atoms with E-state index in [1.807, 2.05) is 18.2 Å². The number of likely N-dealkylation sites (tertiary alicyclic amines) is 1. The Bertz CT molecular complexity index is 1160. The molecule has 2 fully saturated rings. The van der Waals surface area contributed by atoms with E-state index in [1.165, 1.54) is 37.7 Å². The van der Waals surface area contributed by atoms with Crippen molar-refractivity contribution >= 4 is 5.69 Å². The third-order valence-corrected chi connectivity index (χ3v) is 10.3. The summed E-state index contributed by atoms with van der Waals surface area (Å²) in [5, 5.41) is 37.7. The maximum absolute atomic E-state index is 11.9. The number of hydrogen-bond acceptors (Lipinski definition) is 8. The second kappa shape index (κ2) is 16.2. The fourth-order valence-electron chi connectivity index (χ4n) is 7.89. The monoisotopic (exact) mass is 620 g/mol. The standard InChI is InChI=1S/C37H60N6O2/c1-37(2,3)42-36-21-27-13-7-8-15-29(27)24-43(36)25-35(45)32(19-26-11-5-4-6-12-26)40-22-30(17-18-38)39-23-33-34(44)20-28-14-9-10-16-31(28)41-33/h4-6,9-12,14,16,27,29-30,32-36,39-42,44-45H,7-8,13,15,17-25,38H2,1-3H3. The molecule has 8 atom stereocenters. The summed E-state index contributed by atoms with van der Waals surface area (Å²) in [7, 11) is 0. The third-order valence-electron chi connectivity index (χ3n) is 10.3. The molecule has 0 amide bonds. The van der Waals surface area contributed by atoms with Gasteiger partial charge in [0.05, 0.1) is 24.4 Å². The maximum Gasteiger partial charge on any atom is 0.0823 e. The van der Waals surface area contributed by atoms with Crippen molar-refractivity contribution in [3.8, 4) is 0 Å². The van der Waals surface area contributed by atoms with Crippen molar-refractivity contribution in [2.24, 2.45) is 17.6 Å². The Morgan fingerprint density at radius 3 is 2.49 bits per heavy atom. The van der Waals surface area contributed by atoms with Crippen LogP contribution in [0.15, 0.2) is 54.6 Å². The van der Waals surface area contributed by atoms with Gasteiger partial charge in [0.25, 0.3) is 0 Å². The molecular weight excluding hydrogens is 560 g/mol. The largest absolute Gasteiger partial charge is 0.391 e. The lowest BCUT2D eigenvalue weighted by molar-refractivity contribution is -0.0213. The van der Waals surface area contributed by atoms with Gasteiger partial charge in [0.2, 0.25) is 0 Å². The Morgan fingerprint density at radius 2 is 1.73 bits per heavy atom. The van der Waals surface area contributed by atoms with E-state index < -0.39 is 12.2 Å². The fraction of sp³-hybridized carbons (Fsp3) is 0.676. The van der Waals surface area contributed by atoms with Crippen LogP contribution in [0.25, 0.3) is 0 Å². The number of piperidine rings is 1. The number of β-amino-alcohol motifs (C(OH)–C–C–N with tert-alkyl or cyclic N) is 1. The number of nitrogens with two attached hydrogens (primary N) is 1. The molecule has 2 aromatic carbocycles. The summed E-state index contributed by atoms with van der Waals surface area (Å²) in [4.78, 5) is 2.55. The minimum atomic E-state index is -0.522. The lowest BCUT2D eigenvalue weighted by Gasteiger charge is -2.49. The van der Waals surface area contributed by atoms with Gasteiger partial charge in [-0.15, -0.1) is 0 Å². The van der Waals surface area contributed by atoms with E-state index in [0.29, 0.717) is 32.6 Å². The highest BCUT2D eigenvalue weighted by molar-refractivity contribution is 5.54. The Labute approximate surface area is 271 Å². The van der Waals surface area contributed by atoms with Gasteiger partial charge in [0, 0.05) is 55.9 Å². The van der Waals surface area contributed by atoms with Gasteiger partial charge >= 0.3 is 0 Å². The van der Waals surface area contributed by atoms with Gasteiger partial charge in [-0.1, -0.05) is 67.8 Å². The summed E-state index contributed by atoms with van der Waals surface area (Å²) in [6.07, 6.45) is 8.05. The van der Waals surface area contributed by atoms with Crippen LogP contribution in [0.1, 0.15) is 70.4 Å². The average Bonchev–Trinajstić information content (AvgIpc) is 3.01. The molecule has 8 N–H and O–H groups in total. The highest BCUT2D eigenvalue weighted by atomic mass is 16.3. The summed E-state index contributed by atoms with van der Waals surface area (Å²) in [5.41, 5.74) is 9.57. The Balaban J connectivity index is 1.23. The van der Waals surface area contributed by atoms with E-state index in [0.717, 1.165) is 42.5 Å². The molecule has 5 rings (SSSR count). The van der Waals surface area contributed by atoms with Gasteiger partial charge in [-0.2, -0.15) is 0 Å². The first-order valence-electron chi connectivity index (χ1n) is 17.6. The smallest absolute Gasteiger partial charge is 0.0823 e. The Hall–Kier alpha value is -2.04. The minimum absolute atomic E-state index is 0.0149. The topological polar surface area (TPSA) is 118 Å². The van der Waals surface area contributed by atoms with Gasteiger partial charge in [-0.25, -0.2) is 0 Å². The highest BCUT2D eigenvalue weighted by Crippen LogP contribution is 2.38. The zero-order valence-corrected chi connectivity index (χ0v) is 27.9. The van der Waals surface area contributed by atoms with Crippen LogP contribution in [0.4, 0.5) is 5.69 Å². The second-order valence-electron chi connectivity index (χ2n) is 15.0. The van der Waals surface area contributed by atoms with Crippen LogP contribution in [0.5, 0.6) is 0 Å². The van der Waals surface area contributed by atoms with E-state index in [-0.39, 0.29) is 29.8 Å². The van der Waals surface area contributed by atoms with E-state index in [4.69, 9.17) is 5.73 Å². The normalized spacial score (nSPS) is 27.6. The lowest BCUT2D eigenvalue weighted by Crippen LogP contribution is -2.61. The van der Waals surface area contributed by atoms with Crippen LogP contribution >= 0.6 is 0 Å². The van der Waals surface area contributed by atoms with Gasteiger partial charge < -0.3 is 31.9 Å². The molecule has 2 heterocycles. The molecule has 45 heavy (non-hydrogen) atoms. The molecule has 8 unspecified atom stereocenters. The summed E-state index contributed by atoms with van der Waals surface area (Å²) in [5.74, 6) is 1.53. The predicted molar refractivity (Wildman–Crippen MR) is 185 cm³/mol. The lowest BCUT2D eigenvalue weighted by atomic mass is 9.74. The zero-order chi connectivity index (χ0) is 31.8. The van der Waals surface area contributed by atoms with Gasteiger partial charge in [-0.3, -0.25) is 10.2 Å². The molecule has 0 radical (unpaired) electrons. The van der Waals surface area contributed by atoms with Crippen molar-refractivity contribution < 1.29 is 10.2 Å². The zero-order valence-electron chi connectivity index (χ0n) is 27.9. The molecule has 2 aliphatic heterocycles. The summed E-state index contributed by atoms with van der Waals surface area (Å²) in [6.45, 7) is 10.4. The first-order valence-corrected chi connectivity index (χ1v) is 17.6. The van der Waals surface area contributed by atoms with Gasteiger partial charge in [0.15, 0.2) is 0 Å². The first kappa shape index (κ1) is 34.3. The third kappa shape index (κ3) is 9.97. The van der Waals surface area contributed by atoms with Crippen molar-refractivity contribution in [2.75, 3.05) is 38.0 Å². The number of hydrogen-bond donors (Lipinski definition) is 7. The number of benzene rings is 2. The predicted octanol–water partition coefficient (Wildman–Crippen LogP) is 3.48. The van der Waals surface area contributed by atoms with Crippen LogP contribution < -0.4 is 27.0 Å². The van der Waals surface area contributed by atoms with Crippen molar-refractivity contribution in [1.82, 2.24) is 20.9 Å². The van der Waals surface area contributed by atoms with Crippen LogP contribution in [0, 0.1) is 11.8 Å².